The minimum atomic E-state index is -0.195. The van der Waals surface area contributed by atoms with Crippen LogP contribution in [0.15, 0.2) is 66.4 Å². The zero-order valence-corrected chi connectivity index (χ0v) is 17.9. The highest BCUT2D eigenvalue weighted by molar-refractivity contribution is 5.90. The summed E-state index contributed by atoms with van der Waals surface area (Å²) < 4.78 is 1.98. The highest BCUT2D eigenvalue weighted by Crippen LogP contribution is 2.50. The summed E-state index contributed by atoms with van der Waals surface area (Å²) in [5.74, 6) is 1.04. The molecule has 152 valence electrons. The quantitative estimate of drug-likeness (QED) is 0.617. The van der Waals surface area contributed by atoms with Crippen LogP contribution in [0.4, 0.5) is 5.82 Å². The molecule has 1 aromatic heterocycles. The van der Waals surface area contributed by atoms with Gasteiger partial charge >= 0.3 is 0 Å². The number of para-hydroxylation sites is 1. The van der Waals surface area contributed by atoms with Crippen LogP contribution in [-0.4, -0.2) is 15.6 Å². The molecule has 2 aromatic carbocycles. The summed E-state index contributed by atoms with van der Waals surface area (Å²) in [5.41, 5.74) is 6.33. The Morgan fingerprint density at radius 2 is 1.80 bits per heavy atom. The molecule has 1 aliphatic heterocycles. The van der Waals surface area contributed by atoms with Crippen LogP contribution in [0.5, 0.6) is 0 Å². The summed E-state index contributed by atoms with van der Waals surface area (Å²) in [6.07, 6.45) is 2.81. The number of aryl methyl sites for hydroxylation is 2. The number of carbonyl (C=O) groups is 1. The second-order valence-electron chi connectivity index (χ2n) is 9.32. The van der Waals surface area contributed by atoms with Crippen molar-refractivity contribution in [2.24, 2.45) is 11.3 Å². The van der Waals surface area contributed by atoms with Crippen molar-refractivity contribution in [3.05, 3.63) is 88.8 Å². The Morgan fingerprint density at radius 1 is 1.03 bits per heavy atom. The van der Waals surface area contributed by atoms with Crippen LogP contribution >= 0.6 is 0 Å². The van der Waals surface area contributed by atoms with Crippen molar-refractivity contribution in [3.63, 3.8) is 0 Å². The summed E-state index contributed by atoms with van der Waals surface area (Å²) in [6.45, 7) is 8.42. The SMILES string of the molecule is Cc1cccc([C@H]2c3c(C)nn(-c4ccccc4)c3NC3=CC(C)(C)CC(=O)[C@@H]32)c1. The maximum Gasteiger partial charge on any atom is 0.143 e. The molecule has 4 heteroatoms. The lowest BCUT2D eigenvalue weighted by molar-refractivity contribution is -0.124. The number of Topliss-reactive ketones (excluding diaryl/α,β-unsaturated/α-hetero) is 1. The Labute approximate surface area is 177 Å². The molecule has 2 atom stereocenters. The summed E-state index contributed by atoms with van der Waals surface area (Å²) in [7, 11) is 0. The fourth-order valence-electron chi connectivity index (χ4n) is 5.09. The van der Waals surface area contributed by atoms with Gasteiger partial charge in [0.25, 0.3) is 0 Å². The summed E-state index contributed by atoms with van der Waals surface area (Å²) in [4.78, 5) is 13.4. The molecule has 0 saturated heterocycles. The van der Waals surface area contributed by atoms with Gasteiger partial charge in [0.15, 0.2) is 0 Å². The number of ketones is 1. The summed E-state index contributed by atoms with van der Waals surface area (Å²) in [6, 6.07) is 18.7. The molecule has 0 radical (unpaired) electrons. The molecule has 4 nitrogen and oxygen atoms in total. The van der Waals surface area contributed by atoms with Crippen molar-refractivity contribution >= 4 is 11.6 Å². The largest absolute Gasteiger partial charge is 0.343 e. The van der Waals surface area contributed by atoms with Crippen LogP contribution < -0.4 is 5.32 Å². The Bertz CT molecular complexity index is 1170. The molecule has 0 spiro atoms. The fraction of sp³-hybridized carbons (Fsp3) is 0.308. The first-order valence-corrected chi connectivity index (χ1v) is 10.6. The van der Waals surface area contributed by atoms with Crippen LogP contribution in [0.1, 0.15) is 48.6 Å². The normalized spacial score (nSPS) is 22.0. The number of hydrogen-bond donors (Lipinski definition) is 1. The van der Waals surface area contributed by atoms with Crippen molar-refractivity contribution < 1.29 is 4.79 Å². The second-order valence-corrected chi connectivity index (χ2v) is 9.32. The highest BCUT2D eigenvalue weighted by Gasteiger charge is 2.46. The van der Waals surface area contributed by atoms with E-state index in [4.69, 9.17) is 5.10 Å². The molecule has 2 heterocycles. The average Bonchev–Trinajstić information content (AvgIpc) is 3.02. The van der Waals surface area contributed by atoms with Crippen LogP contribution in [0.25, 0.3) is 5.69 Å². The number of carbonyl (C=O) groups excluding carboxylic acids is 1. The molecule has 0 bridgehead atoms. The molecule has 1 N–H and O–H groups in total. The van der Waals surface area contributed by atoms with Gasteiger partial charge in [-0.25, -0.2) is 4.68 Å². The van der Waals surface area contributed by atoms with Crippen molar-refractivity contribution in [3.8, 4) is 5.69 Å². The van der Waals surface area contributed by atoms with Crippen molar-refractivity contribution in [1.29, 1.82) is 0 Å². The number of anilines is 1. The van der Waals surface area contributed by atoms with E-state index in [1.54, 1.807) is 0 Å². The van der Waals surface area contributed by atoms with Crippen LogP contribution in [0, 0.1) is 25.2 Å². The first-order chi connectivity index (χ1) is 14.3. The number of nitrogens with zero attached hydrogens (tertiary/aromatic N) is 2. The van der Waals surface area contributed by atoms with Gasteiger partial charge in [-0.2, -0.15) is 5.10 Å². The van der Waals surface area contributed by atoms with E-state index in [0.29, 0.717) is 12.2 Å². The van der Waals surface area contributed by atoms with E-state index < -0.39 is 0 Å². The number of fused-ring (bicyclic) bond motifs is 2. The standard InChI is InChI=1S/C26H27N3O/c1-16-9-8-10-18(13-16)23-22-17(2)28-29(19-11-6-5-7-12-19)25(22)27-20-14-26(3,4)15-21(30)24(20)23/h5-14,23-24,27H,15H2,1-4H3/t23-,24+/m0/s1. The Morgan fingerprint density at radius 3 is 2.53 bits per heavy atom. The minimum absolute atomic E-state index is 0.0338. The van der Waals surface area contributed by atoms with Gasteiger partial charge in [0.05, 0.1) is 17.3 Å². The van der Waals surface area contributed by atoms with Crippen LogP contribution in [-0.2, 0) is 4.79 Å². The third-order valence-electron chi connectivity index (χ3n) is 6.27. The lowest BCUT2D eigenvalue weighted by Crippen LogP contribution is -2.39. The van der Waals surface area contributed by atoms with Crippen molar-refractivity contribution in [2.75, 3.05) is 5.32 Å². The predicted octanol–water partition coefficient (Wildman–Crippen LogP) is 5.55. The Kier molecular flexibility index (Phi) is 4.21. The van der Waals surface area contributed by atoms with E-state index >= 15 is 0 Å². The molecule has 0 amide bonds. The highest BCUT2D eigenvalue weighted by atomic mass is 16.1. The van der Waals surface area contributed by atoms with E-state index in [0.717, 1.165) is 28.5 Å². The molecule has 0 saturated carbocycles. The van der Waals surface area contributed by atoms with E-state index in [9.17, 15) is 4.79 Å². The van der Waals surface area contributed by atoms with Gasteiger partial charge < -0.3 is 5.32 Å². The zero-order chi connectivity index (χ0) is 21.0. The Balaban J connectivity index is 1.78. The fourth-order valence-corrected chi connectivity index (χ4v) is 5.09. The van der Waals surface area contributed by atoms with Gasteiger partial charge in [-0.3, -0.25) is 4.79 Å². The molecule has 0 unspecified atom stereocenters. The molecular formula is C26H27N3O. The molecule has 2 aliphatic rings. The maximum atomic E-state index is 13.4. The second kappa shape index (κ2) is 6.69. The topological polar surface area (TPSA) is 46.9 Å². The van der Waals surface area contributed by atoms with E-state index in [1.165, 1.54) is 11.1 Å². The monoisotopic (exact) mass is 397 g/mol. The molecule has 0 fully saturated rings. The van der Waals surface area contributed by atoms with Crippen molar-refractivity contribution in [2.45, 2.75) is 40.0 Å². The predicted molar refractivity (Wildman–Crippen MR) is 120 cm³/mol. The van der Waals surface area contributed by atoms with Gasteiger partial charge in [-0.1, -0.05) is 68.0 Å². The number of benzene rings is 2. The summed E-state index contributed by atoms with van der Waals surface area (Å²) >= 11 is 0. The lowest BCUT2D eigenvalue weighted by atomic mass is 9.67. The molecule has 5 rings (SSSR count). The van der Waals surface area contributed by atoms with E-state index in [1.807, 2.05) is 22.9 Å². The third kappa shape index (κ3) is 2.98. The Hall–Kier alpha value is -3.14. The molecule has 3 aromatic rings. The number of hydrogen-bond acceptors (Lipinski definition) is 3. The van der Waals surface area contributed by atoms with E-state index in [2.05, 4.69) is 75.5 Å². The first-order valence-electron chi connectivity index (χ1n) is 10.6. The summed E-state index contributed by atoms with van der Waals surface area (Å²) in [5, 5.41) is 8.52. The average molecular weight is 398 g/mol. The van der Waals surface area contributed by atoms with Crippen LogP contribution in [0.2, 0.25) is 0 Å². The molecule has 1 aliphatic carbocycles. The zero-order valence-electron chi connectivity index (χ0n) is 17.9. The van der Waals surface area contributed by atoms with Crippen LogP contribution in [0.3, 0.4) is 0 Å². The van der Waals surface area contributed by atoms with E-state index in [-0.39, 0.29) is 17.3 Å². The number of allylic oxidation sites excluding steroid dienone is 2. The first kappa shape index (κ1) is 18.9. The molecule has 30 heavy (non-hydrogen) atoms. The third-order valence-corrected chi connectivity index (χ3v) is 6.27. The maximum absolute atomic E-state index is 13.4. The number of nitrogens with one attached hydrogen (secondary N) is 1. The lowest BCUT2D eigenvalue weighted by Gasteiger charge is -2.40. The van der Waals surface area contributed by atoms with Gasteiger partial charge in [-0.15, -0.1) is 0 Å². The van der Waals surface area contributed by atoms with Gasteiger partial charge in [0.2, 0.25) is 0 Å². The number of rotatable bonds is 2. The molecular weight excluding hydrogens is 370 g/mol. The van der Waals surface area contributed by atoms with Gasteiger partial charge in [0.1, 0.15) is 11.6 Å². The van der Waals surface area contributed by atoms with Crippen molar-refractivity contribution in [1.82, 2.24) is 9.78 Å². The smallest absolute Gasteiger partial charge is 0.143 e. The van der Waals surface area contributed by atoms with Gasteiger partial charge in [-0.05, 0) is 37.0 Å². The minimum Gasteiger partial charge on any atom is -0.343 e. The number of aromatic nitrogens is 2. The van der Waals surface area contributed by atoms with Gasteiger partial charge in [0, 0.05) is 23.6 Å².